The van der Waals surface area contributed by atoms with Gasteiger partial charge < -0.3 is 11.5 Å². The van der Waals surface area contributed by atoms with Gasteiger partial charge in [0.05, 0.1) is 11.9 Å². The Labute approximate surface area is 68.0 Å². The van der Waals surface area contributed by atoms with Crippen LogP contribution >= 0.6 is 0 Å². The number of fused-ring (bicyclic) bond motifs is 1. The van der Waals surface area contributed by atoms with Crippen molar-refractivity contribution in [2.24, 2.45) is 5.73 Å². The maximum atomic E-state index is 5.52. The van der Waals surface area contributed by atoms with Gasteiger partial charge >= 0.3 is 0 Å². The van der Waals surface area contributed by atoms with Gasteiger partial charge in [-0.15, -0.1) is 0 Å². The van der Waals surface area contributed by atoms with E-state index < -0.39 is 0 Å². The van der Waals surface area contributed by atoms with E-state index in [4.69, 9.17) is 11.5 Å². The highest BCUT2D eigenvalue weighted by Gasteiger charge is 2.04. The van der Waals surface area contributed by atoms with E-state index in [2.05, 4.69) is 20.2 Å². The Kier molecular flexibility index (Phi) is 1.41. The molecule has 0 unspecified atom stereocenters. The number of nitrogens with two attached hydrogens (primary N) is 2. The third-order valence-corrected chi connectivity index (χ3v) is 1.55. The van der Waals surface area contributed by atoms with Crippen LogP contribution in [0.2, 0.25) is 0 Å². The van der Waals surface area contributed by atoms with Crippen molar-refractivity contribution in [3.8, 4) is 0 Å². The molecule has 5 N–H and O–H groups in total. The topological polar surface area (TPSA) is 106 Å². The third kappa shape index (κ3) is 0.892. The monoisotopic (exact) mass is 164 g/mol. The first-order valence-corrected chi connectivity index (χ1v) is 3.47. The van der Waals surface area contributed by atoms with E-state index in [0.29, 0.717) is 29.2 Å². The normalized spacial score (nSPS) is 10.8. The van der Waals surface area contributed by atoms with Crippen LogP contribution < -0.4 is 11.5 Å². The molecule has 0 saturated carbocycles. The number of aromatic amines is 1. The van der Waals surface area contributed by atoms with Crippen molar-refractivity contribution in [2.75, 3.05) is 5.73 Å². The number of H-pyrrole nitrogens is 1. The molecule has 0 aliphatic rings. The van der Waals surface area contributed by atoms with Crippen LogP contribution in [0.15, 0.2) is 6.20 Å². The van der Waals surface area contributed by atoms with Gasteiger partial charge in [0.2, 0.25) is 5.65 Å². The molecular formula is C6H8N6. The minimum absolute atomic E-state index is 0.357. The first-order chi connectivity index (χ1) is 5.81. The zero-order valence-electron chi connectivity index (χ0n) is 6.28. The average Bonchev–Trinajstić information content (AvgIpc) is 2.47. The van der Waals surface area contributed by atoms with Crippen molar-refractivity contribution < 1.29 is 0 Å². The van der Waals surface area contributed by atoms with Crippen molar-refractivity contribution in [1.82, 2.24) is 20.2 Å². The molecular weight excluding hydrogens is 156 g/mol. The molecule has 0 fully saturated rings. The first kappa shape index (κ1) is 6.99. The molecule has 0 atom stereocenters. The highest BCUT2D eigenvalue weighted by molar-refractivity contribution is 5.80. The summed E-state index contributed by atoms with van der Waals surface area (Å²) >= 11 is 0. The van der Waals surface area contributed by atoms with E-state index in [1.807, 2.05) is 0 Å². The smallest absolute Gasteiger partial charge is 0.202 e. The molecule has 0 radical (unpaired) electrons. The van der Waals surface area contributed by atoms with E-state index in [-0.39, 0.29) is 0 Å². The lowest BCUT2D eigenvalue weighted by atomic mass is 10.4. The van der Waals surface area contributed by atoms with E-state index in [1.165, 1.54) is 0 Å². The number of hydrogen-bond acceptors (Lipinski definition) is 5. The van der Waals surface area contributed by atoms with Crippen LogP contribution in [0.5, 0.6) is 0 Å². The van der Waals surface area contributed by atoms with Gasteiger partial charge in [0.1, 0.15) is 5.82 Å². The standard InChI is InChI=1S/C6H8N6/c7-1-3-2-9-4-5(8)11-12-6(4)10-3/h2H,1,7H2,(H3,8,10,11,12). The summed E-state index contributed by atoms with van der Waals surface area (Å²) in [5, 5.41) is 6.44. The van der Waals surface area contributed by atoms with Crippen LogP contribution in [0.3, 0.4) is 0 Å². The van der Waals surface area contributed by atoms with E-state index >= 15 is 0 Å². The maximum absolute atomic E-state index is 5.52. The van der Waals surface area contributed by atoms with Crippen molar-refractivity contribution in [3.63, 3.8) is 0 Å². The molecule has 0 amide bonds. The fourth-order valence-electron chi connectivity index (χ4n) is 0.947. The van der Waals surface area contributed by atoms with Crippen molar-refractivity contribution >= 4 is 17.0 Å². The summed E-state index contributed by atoms with van der Waals surface area (Å²) in [6, 6.07) is 0. The summed E-state index contributed by atoms with van der Waals surface area (Å²) in [5.41, 5.74) is 12.7. The van der Waals surface area contributed by atoms with Crippen LogP contribution in [0.4, 0.5) is 5.82 Å². The van der Waals surface area contributed by atoms with Gasteiger partial charge in [-0.2, -0.15) is 5.10 Å². The minimum Gasteiger partial charge on any atom is -0.382 e. The largest absolute Gasteiger partial charge is 0.382 e. The molecule has 2 aromatic heterocycles. The number of rotatable bonds is 1. The molecule has 62 valence electrons. The Morgan fingerprint density at radius 2 is 2.33 bits per heavy atom. The second-order valence-corrected chi connectivity index (χ2v) is 2.37. The molecule has 2 rings (SSSR count). The van der Waals surface area contributed by atoms with E-state index in [0.717, 1.165) is 0 Å². The Morgan fingerprint density at radius 3 is 3.08 bits per heavy atom. The van der Waals surface area contributed by atoms with E-state index in [9.17, 15) is 0 Å². The Bertz CT molecular complexity index is 405. The fourth-order valence-corrected chi connectivity index (χ4v) is 0.947. The maximum Gasteiger partial charge on any atom is 0.202 e. The number of nitrogens with zero attached hydrogens (tertiary/aromatic N) is 3. The van der Waals surface area contributed by atoms with Gasteiger partial charge in [-0.25, -0.2) is 9.97 Å². The lowest BCUT2D eigenvalue weighted by Gasteiger charge is -1.92. The number of aromatic nitrogens is 4. The lowest BCUT2D eigenvalue weighted by molar-refractivity contribution is 0.976. The summed E-state index contributed by atoms with van der Waals surface area (Å²) in [6.45, 7) is 0.357. The van der Waals surface area contributed by atoms with Gasteiger partial charge in [0, 0.05) is 6.54 Å². The third-order valence-electron chi connectivity index (χ3n) is 1.55. The van der Waals surface area contributed by atoms with Gasteiger partial charge in [-0.1, -0.05) is 0 Å². The van der Waals surface area contributed by atoms with Crippen molar-refractivity contribution in [3.05, 3.63) is 11.9 Å². The molecule has 2 heterocycles. The lowest BCUT2D eigenvalue weighted by Crippen LogP contribution is -2.00. The molecule has 6 heteroatoms. The van der Waals surface area contributed by atoms with Crippen LogP contribution in [0.25, 0.3) is 11.2 Å². The summed E-state index contributed by atoms with van der Waals surface area (Å²) in [5.74, 6) is 0.432. The summed E-state index contributed by atoms with van der Waals surface area (Å²) in [4.78, 5) is 8.15. The molecule has 0 aliphatic carbocycles. The highest BCUT2D eigenvalue weighted by atomic mass is 15.2. The molecule has 12 heavy (non-hydrogen) atoms. The summed E-state index contributed by atoms with van der Waals surface area (Å²) < 4.78 is 0. The number of anilines is 1. The molecule has 0 bridgehead atoms. The number of hydrogen-bond donors (Lipinski definition) is 3. The molecule has 0 spiro atoms. The van der Waals surface area contributed by atoms with Crippen LogP contribution in [-0.4, -0.2) is 20.2 Å². The van der Waals surface area contributed by atoms with Crippen molar-refractivity contribution in [2.45, 2.75) is 6.54 Å². The van der Waals surface area contributed by atoms with Crippen LogP contribution in [0.1, 0.15) is 5.69 Å². The molecule has 2 aromatic rings. The Morgan fingerprint density at radius 1 is 1.50 bits per heavy atom. The van der Waals surface area contributed by atoms with Gasteiger partial charge in [0.25, 0.3) is 0 Å². The van der Waals surface area contributed by atoms with Gasteiger partial charge in [-0.05, 0) is 0 Å². The zero-order valence-corrected chi connectivity index (χ0v) is 6.28. The second kappa shape index (κ2) is 2.42. The summed E-state index contributed by atoms with van der Waals surface area (Å²) in [7, 11) is 0. The molecule has 0 saturated heterocycles. The molecule has 0 aromatic carbocycles. The quantitative estimate of drug-likeness (QED) is 0.521. The minimum atomic E-state index is 0.357. The zero-order chi connectivity index (χ0) is 8.55. The summed E-state index contributed by atoms with van der Waals surface area (Å²) in [6.07, 6.45) is 1.59. The molecule has 6 nitrogen and oxygen atoms in total. The fraction of sp³-hybridized carbons (Fsp3) is 0.167. The van der Waals surface area contributed by atoms with Crippen LogP contribution in [-0.2, 0) is 6.54 Å². The Hall–Kier alpha value is -1.69. The predicted octanol–water partition coefficient (Wildman–Crippen LogP) is -0.606. The first-order valence-electron chi connectivity index (χ1n) is 3.47. The van der Waals surface area contributed by atoms with Gasteiger partial charge in [-0.3, -0.25) is 5.10 Å². The average molecular weight is 164 g/mol. The predicted molar refractivity (Wildman–Crippen MR) is 44.0 cm³/mol. The number of nitrogen functional groups attached to an aromatic ring is 1. The van der Waals surface area contributed by atoms with E-state index in [1.54, 1.807) is 6.20 Å². The number of nitrogens with one attached hydrogen (secondary N) is 1. The van der Waals surface area contributed by atoms with Crippen LogP contribution in [0, 0.1) is 0 Å². The molecule has 0 aliphatic heterocycles. The van der Waals surface area contributed by atoms with Gasteiger partial charge in [0.15, 0.2) is 5.52 Å². The second-order valence-electron chi connectivity index (χ2n) is 2.37. The highest BCUT2D eigenvalue weighted by Crippen LogP contribution is 2.11. The Balaban J connectivity index is 2.69. The van der Waals surface area contributed by atoms with Crippen molar-refractivity contribution in [1.29, 1.82) is 0 Å². The SMILES string of the molecule is NCc1cnc2c(N)[nH]nc2n1.